The van der Waals surface area contributed by atoms with E-state index < -0.39 is 0 Å². The van der Waals surface area contributed by atoms with Gasteiger partial charge >= 0.3 is 0 Å². The molecule has 0 unspecified atom stereocenters. The Morgan fingerprint density at radius 2 is 1.76 bits per heavy atom. The Hall–Kier alpha value is -2.99. The zero-order chi connectivity index (χ0) is 19.9. The molecule has 0 amide bonds. The van der Waals surface area contributed by atoms with Crippen molar-refractivity contribution in [3.63, 3.8) is 0 Å². The summed E-state index contributed by atoms with van der Waals surface area (Å²) in [6.45, 7) is 3.53. The number of aromatic nitrogens is 2. The molecule has 0 spiro atoms. The van der Waals surface area contributed by atoms with Crippen LogP contribution in [-0.2, 0) is 0 Å². The van der Waals surface area contributed by atoms with E-state index in [0.717, 1.165) is 49.8 Å². The first-order valence-electron chi connectivity index (χ1n) is 10.0. The molecule has 4 rings (SSSR count). The summed E-state index contributed by atoms with van der Waals surface area (Å²) in [6.07, 6.45) is 3.93. The summed E-state index contributed by atoms with van der Waals surface area (Å²) >= 11 is 0. The normalized spacial score (nSPS) is 15.2. The van der Waals surface area contributed by atoms with Gasteiger partial charge in [0.2, 0.25) is 0 Å². The number of likely N-dealkylation sites (tertiary alicyclic amines) is 1. The number of hydrogen-bond donors (Lipinski definition) is 1. The standard InChI is InChI=1S/C23H25FN4O/c24-19-7-9-20(10-8-19)29-17-16-28-14-11-18(12-15-28)21-4-3-6-23(26-21)27-22-5-1-2-13-25-22/h1-10,13,18H,11-12,14-17H2,(H,25,26,27). The second-order valence-corrected chi connectivity index (χ2v) is 7.21. The van der Waals surface area contributed by atoms with E-state index in [4.69, 9.17) is 9.72 Å². The molecule has 0 atom stereocenters. The molecular formula is C23H25FN4O. The smallest absolute Gasteiger partial charge is 0.131 e. The third-order valence-corrected chi connectivity index (χ3v) is 5.19. The molecular weight excluding hydrogens is 367 g/mol. The highest BCUT2D eigenvalue weighted by molar-refractivity contribution is 5.51. The van der Waals surface area contributed by atoms with Crippen LogP contribution < -0.4 is 10.1 Å². The van der Waals surface area contributed by atoms with E-state index in [1.807, 2.05) is 24.3 Å². The number of pyridine rings is 2. The van der Waals surface area contributed by atoms with Gasteiger partial charge in [-0.15, -0.1) is 0 Å². The van der Waals surface area contributed by atoms with Crippen molar-refractivity contribution >= 4 is 11.6 Å². The van der Waals surface area contributed by atoms with Crippen LogP contribution in [0, 0.1) is 5.82 Å². The van der Waals surface area contributed by atoms with Gasteiger partial charge in [0, 0.05) is 24.4 Å². The molecule has 1 saturated heterocycles. The molecule has 2 aromatic heterocycles. The van der Waals surface area contributed by atoms with Gasteiger partial charge in [0.25, 0.3) is 0 Å². The molecule has 3 heterocycles. The molecule has 1 aliphatic heterocycles. The van der Waals surface area contributed by atoms with Crippen molar-refractivity contribution in [2.45, 2.75) is 18.8 Å². The first-order chi connectivity index (χ1) is 14.3. The van der Waals surface area contributed by atoms with Crippen LogP contribution in [-0.4, -0.2) is 41.1 Å². The summed E-state index contributed by atoms with van der Waals surface area (Å²) in [5, 5.41) is 3.27. The van der Waals surface area contributed by atoms with Gasteiger partial charge in [0.15, 0.2) is 0 Å². The van der Waals surface area contributed by atoms with Crippen LogP contribution in [0.15, 0.2) is 66.9 Å². The van der Waals surface area contributed by atoms with Gasteiger partial charge in [-0.3, -0.25) is 4.90 Å². The average Bonchev–Trinajstić information content (AvgIpc) is 2.77. The van der Waals surface area contributed by atoms with Gasteiger partial charge in [0.1, 0.15) is 29.8 Å². The van der Waals surface area contributed by atoms with E-state index in [1.54, 1.807) is 18.3 Å². The van der Waals surface area contributed by atoms with Gasteiger partial charge in [-0.1, -0.05) is 12.1 Å². The number of nitrogens with one attached hydrogen (secondary N) is 1. The van der Waals surface area contributed by atoms with Crippen molar-refractivity contribution < 1.29 is 9.13 Å². The van der Waals surface area contributed by atoms with Crippen molar-refractivity contribution in [3.8, 4) is 5.75 Å². The maximum atomic E-state index is 12.9. The van der Waals surface area contributed by atoms with Crippen LogP contribution in [0.4, 0.5) is 16.0 Å². The molecule has 0 bridgehead atoms. The fourth-order valence-corrected chi connectivity index (χ4v) is 3.59. The van der Waals surface area contributed by atoms with Gasteiger partial charge in [-0.25, -0.2) is 14.4 Å². The number of piperidine rings is 1. The number of halogens is 1. The molecule has 1 fully saturated rings. The Kier molecular flexibility index (Phi) is 6.32. The lowest BCUT2D eigenvalue weighted by atomic mass is 9.93. The predicted molar refractivity (Wildman–Crippen MR) is 112 cm³/mol. The maximum Gasteiger partial charge on any atom is 0.131 e. The molecule has 0 aliphatic carbocycles. The largest absolute Gasteiger partial charge is 0.492 e. The molecule has 6 heteroatoms. The van der Waals surface area contributed by atoms with E-state index in [-0.39, 0.29) is 5.82 Å². The van der Waals surface area contributed by atoms with Crippen LogP contribution in [0.25, 0.3) is 0 Å². The summed E-state index contributed by atoms with van der Waals surface area (Å²) in [5.41, 5.74) is 1.13. The Morgan fingerprint density at radius 1 is 0.966 bits per heavy atom. The fourth-order valence-electron chi connectivity index (χ4n) is 3.59. The van der Waals surface area contributed by atoms with E-state index in [9.17, 15) is 4.39 Å². The minimum absolute atomic E-state index is 0.243. The average molecular weight is 392 g/mol. The van der Waals surface area contributed by atoms with Crippen LogP contribution >= 0.6 is 0 Å². The van der Waals surface area contributed by atoms with Crippen LogP contribution in [0.5, 0.6) is 5.75 Å². The minimum Gasteiger partial charge on any atom is -0.492 e. The second kappa shape index (κ2) is 9.47. The van der Waals surface area contributed by atoms with E-state index in [1.165, 1.54) is 12.1 Å². The van der Waals surface area contributed by atoms with Crippen LogP contribution in [0.1, 0.15) is 24.5 Å². The topological polar surface area (TPSA) is 50.3 Å². The van der Waals surface area contributed by atoms with Crippen molar-refractivity contribution in [1.82, 2.24) is 14.9 Å². The van der Waals surface area contributed by atoms with Gasteiger partial charge in [-0.2, -0.15) is 0 Å². The SMILES string of the molecule is Fc1ccc(OCCN2CCC(c3cccc(Nc4ccccn4)n3)CC2)cc1. The van der Waals surface area contributed by atoms with E-state index in [2.05, 4.69) is 27.3 Å². The molecule has 3 aromatic rings. The van der Waals surface area contributed by atoms with Crippen molar-refractivity contribution in [2.24, 2.45) is 0 Å². The lowest BCUT2D eigenvalue weighted by Crippen LogP contribution is -2.36. The van der Waals surface area contributed by atoms with Crippen LogP contribution in [0.3, 0.4) is 0 Å². The first kappa shape index (κ1) is 19.3. The number of rotatable bonds is 7. The summed E-state index contributed by atoms with van der Waals surface area (Å²) in [4.78, 5) is 11.5. The fraction of sp³-hybridized carbons (Fsp3) is 0.304. The highest BCUT2D eigenvalue weighted by atomic mass is 19.1. The second-order valence-electron chi connectivity index (χ2n) is 7.21. The zero-order valence-corrected chi connectivity index (χ0v) is 16.3. The molecule has 1 aliphatic rings. The highest BCUT2D eigenvalue weighted by Gasteiger charge is 2.21. The molecule has 29 heavy (non-hydrogen) atoms. The predicted octanol–water partition coefficient (Wildman–Crippen LogP) is 4.62. The number of anilines is 2. The zero-order valence-electron chi connectivity index (χ0n) is 16.3. The minimum atomic E-state index is -0.243. The van der Waals surface area contributed by atoms with Gasteiger partial charge < -0.3 is 10.1 Å². The van der Waals surface area contributed by atoms with E-state index >= 15 is 0 Å². The summed E-state index contributed by atoms with van der Waals surface area (Å²) in [6, 6.07) is 18.1. The first-order valence-corrected chi connectivity index (χ1v) is 10.0. The number of hydrogen-bond acceptors (Lipinski definition) is 5. The summed E-state index contributed by atoms with van der Waals surface area (Å²) < 4.78 is 18.6. The Balaban J connectivity index is 1.25. The number of benzene rings is 1. The third kappa shape index (κ3) is 5.51. The van der Waals surface area contributed by atoms with Crippen molar-refractivity contribution in [2.75, 3.05) is 31.6 Å². The van der Waals surface area contributed by atoms with Crippen molar-refractivity contribution in [1.29, 1.82) is 0 Å². The molecule has 1 N–H and O–H groups in total. The number of ether oxygens (including phenoxy) is 1. The summed E-state index contributed by atoms with van der Waals surface area (Å²) in [5.74, 6) is 2.56. The molecule has 1 aromatic carbocycles. The summed E-state index contributed by atoms with van der Waals surface area (Å²) in [7, 11) is 0. The number of nitrogens with zero attached hydrogens (tertiary/aromatic N) is 3. The van der Waals surface area contributed by atoms with Crippen molar-refractivity contribution in [3.05, 3.63) is 78.4 Å². The molecule has 0 radical (unpaired) electrons. The van der Waals surface area contributed by atoms with E-state index in [0.29, 0.717) is 18.3 Å². The van der Waals surface area contributed by atoms with Gasteiger partial charge in [0.05, 0.1) is 0 Å². The van der Waals surface area contributed by atoms with Crippen LogP contribution in [0.2, 0.25) is 0 Å². The Morgan fingerprint density at radius 3 is 2.52 bits per heavy atom. The lowest BCUT2D eigenvalue weighted by molar-refractivity contribution is 0.172. The molecule has 0 saturated carbocycles. The lowest BCUT2D eigenvalue weighted by Gasteiger charge is -2.31. The van der Waals surface area contributed by atoms with Gasteiger partial charge in [-0.05, 0) is 74.5 Å². The quantitative estimate of drug-likeness (QED) is 0.636. The third-order valence-electron chi connectivity index (χ3n) is 5.19. The monoisotopic (exact) mass is 392 g/mol. The Labute approximate surface area is 170 Å². The molecule has 150 valence electrons. The highest BCUT2D eigenvalue weighted by Crippen LogP contribution is 2.27. The molecule has 5 nitrogen and oxygen atoms in total. The Bertz CT molecular complexity index is 896. The maximum absolute atomic E-state index is 12.9.